The van der Waals surface area contributed by atoms with Gasteiger partial charge in [0.1, 0.15) is 35.5 Å². The Balaban J connectivity index is 0.000000303. The average molecular weight is 775 g/mol. The van der Waals surface area contributed by atoms with E-state index in [1.54, 1.807) is 37.5 Å². The molecular formula is C39H34BrF2N3O7. The maximum atomic E-state index is 15.0. The highest BCUT2D eigenvalue weighted by Crippen LogP contribution is 2.45. The Hall–Kier alpha value is -5.69. The zero-order valence-electron chi connectivity index (χ0n) is 28.4. The molecule has 0 radical (unpaired) electrons. The molecule has 10 nitrogen and oxygen atoms in total. The smallest absolute Gasteiger partial charge is 0.310 e. The Bertz CT molecular complexity index is 2300. The van der Waals surface area contributed by atoms with Crippen molar-refractivity contribution in [3.05, 3.63) is 123 Å². The van der Waals surface area contributed by atoms with Crippen LogP contribution in [0.3, 0.4) is 0 Å². The van der Waals surface area contributed by atoms with E-state index in [9.17, 15) is 23.5 Å². The first-order valence-corrected chi connectivity index (χ1v) is 17.0. The highest BCUT2D eigenvalue weighted by molar-refractivity contribution is 9.10. The van der Waals surface area contributed by atoms with Crippen LogP contribution in [0.25, 0.3) is 22.3 Å². The molecule has 268 valence electrons. The lowest BCUT2D eigenvalue weighted by molar-refractivity contribution is -0.140. The van der Waals surface area contributed by atoms with Gasteiger partial charge in [-0.2, -0.15) is 0 Å². The number of nitrogens with one attached hydrogen (secondary N) is 2. The molecule has 6 aromatic rings. The number of aromatic hydroxyl groups is 1. The van der Waals surface area contributed by atoms with E-state index in [2.05, 4.69) is 35.6 Å². The molecule has 1 aliphatic heterocycles. The molecule has 4 N–H and O–H groups in total. The highest BCUT2D eigenvalue weighted by atomic mass is 79.9. The summed E-state index contributed by atoms with van der Waals surface area (Å²) in [6, 6.07) is 18.2. The van der Waals surface area contributed by atoms with Crippen LogP contribution in [0.4, 0.5) is 8.78 Å². The zero-order valence-corrected chi connectivity index (χ0v) is 29.9. The standard InChI is InChI=1S/C30H25F2N3O4.C9H9BrO3/c1-16-19-10-11-33-24(19)13-23(32)27(16)39-18-7-8-22(31)20(12-18)29-34-14-25(35-29)30(2)15-38-28-17(6-9-26(36)37)4-3-5-21(28)30;1-13-8(11)5-6-3-2-4-7(10)9(6)12/h3-5,7-8,10-14,33H,6,9,15H2,1-2H3,(H,34,35)(H,36,37);2-4,12H,5H2,1H3. The Morgan fingerprint density at radius 3 is 2.60 bits per heavy atom. The highest BCUT2D eigenvalue weighted by Gasteiger charge is 2.40. The number of halogens is 3. The number of carbonyl (C=O) groups is 2. The first-order valence-electron chi connectivity index (χ1n) is 16.2. The van der Waals surface area contributed by atoms with E-state index in [1.165, 1.54) is 31.4 Å². The molecule has 1 unspecified atom stereocenters. The number of imidazole rings is 1. The predicted molar refractivity (Wildman–Crippen MR) is 193 cm³/mol. The number of methoxy groups -OCH3 is 1. The number of para-hydroxylation sites is 2. The number of benzene rings is 4. The minimum absolute atomic E-state index is 0.00485. The van der Waals surface area contributed by atoms with Gasteiger partial charge >= 0.3 is 11.9 Å². The van der Waals surface area contributed by atoms with E-state index in [4.69, 9.17) is 14.6 Å². The third-order valence-electron chi connectivity index (χ3n) is 9.03. The normalized spacial score (nSPS) is 14.7. The summed E-state index contributed by atoms with van der Waals surface area (Å²) in [5.74, 6) is -0.867. The van der Waals surface area contributed by atoms with Crippen molar-refractivity contribution in [1.82, 2.24) is 15.0 Å². The van der Waals surface area contributed by atoms with E-state index in [1.807, 2.05) is 31.2 Å². The summed E-state index contributed by atoms with van der Waals surface area (Å²) in [5, 5.41) is 19.4. The number of carboxylic acids is 1. The van der Waals surface area contributed by atoms with Gasteiger partial charge in [-0.15, -0.1) is 0 Å². The molecule has 7 rings (SSSR count). The molecule has 0 aliphatic carbocycles. The summed E-state index contributed by atoms with van der Waals surface area (Å²) >= 11 is 3.16. The molecule has 0 saturated heterocycles. The van der Waals surface area contributed by atoms with E-state index in [-0.39, 0.29) is 41.6 Å². The SMILES string of the molecule is COC(=O)Cc1cccc(Br)c1O.Cc1c(Oc2ccc(F)c(-c3ncc(C4(C)COc5c(CCC(=O)O)cccc54)[nH]3)c2)c(F)cc2[nH]ccc12. The number of nitrogens with zero attached hydrogens (tertiary/aromatic N) is 1. The number of aromatic amines is 2. The molecule has 52 heavy (non-hydrogen) atoms. The van der Waals surface area contributed by atoms with Gasteiger partial charge < -0.3 is 34.4 Å². The maximum Gasteiger partial charge on any atom is 0.310 e. The van der Waals surface area contributed by atoms with Gasteiger partial charge in [0, 0.05) is 58.2 Å². The lowest BCUT2D eigenvalue weighted by atomic mass is 9.81. The number of carbonyl (C=O) groups excluding carboxylic acids is 1. The van der Waals surface area contributed by atoms with Crippen LogP contribution in [0.1, 0.15) is 41.3 Å². The van der Waals surface area contributed by atoms with Crippen molar-refractivity contribution in [2.45, 2.75) is 38.5 Å². The van der Waals surface area contributed by atoms with Crippen LogP contribution in [-0.4, -0.2) is 50.8 Å². The number of carboxylic acid groups (broad SMARTS) is 1. The Morgan fingerprint density at radius 1 is 1.06 bits per heavy atom. The first-order chi connectivity index (χ1) is 24.9. The Morgan fingerprint density at radius 2 is 1.83 bits per heavy atom. The number of rotatable bonds is 9. The summed E-state index contributed by atoms with van der Waals surface area (Å²) < 4.78 is 46.8. The molecule has 3 heterocycles. The zero-order chi connectivity index (χ0) is 37.2. The Kier molecular flexibility index (Phi) is 10.3. The molecule has 0 spiro atoms. The van der Waals surface area contributed by atoms with Crippen molar-refractivity contribution >= 4 is 38.8 Å². The largest absolute Gasteiger partial charge is 0.506 e. The van der Waals surface area contributed by atoms with Crippen molar-refractivity contribution in [1.29, 1.82) is 0 Å². The van der Waals surface area contributed by atoms with Gasteiger partial charge in [0.25, 0.3) is 0 Å². The molecule has 1 atom stereocenters. The number of ether oxygens (including phenoxy) is 3. The molecular weight excluding hydrogens is 740 g/mol. The minimum Gasteiger partial charge on any atom is -0.506 e. The van der Waals surface area contributed by atoms with Crippen LogP contribution in [0.2, 0.25) is 0 Å². The third kappa shape index (κ3) is 7.22. The van der Waals surface area contributed by atoms with Crippen molar-refractivity contribution in [3.63, 3.8) is 0 Å². The molecule has 4 aromatic carbocycles. The molecule has 0 bridgehead atoms. The van der Waals surface area contributed by atoms with Crippen LogP contribution >= 0.6 is 15.9 Å². The second-order valence-corrected chi connectivity index (χ2v) is 13.3. The van der Waals surface area contributed by atoms with Gasteiger partial charge in [0.2, 0.25) is 0 Å². The lowest BCUT2D eigenvalue weighted by Gasteiger charge is -2.21. The summed E-state index contributed by atoms with van der Waals surface area (Å²) in [5.41, 5.74) is 3.89. The van der Waals surface area contributed by atoms with Gasteiger partial charge in [0.05, 0.1) is 29.0 Å². The number of hydrogen-bond donors (Lipinski definition) is 4. The van der Waals surface area contributed by atoms with Crippen LogP contribution in [0.15, 0.2) is 83.6 Å². The van der Waals surface area contributed by atoms with Gasteiger partial charge in [-0.25, -0.2) is 13.8 Å². The van der Waals surface area contributed by atoms with Crippen LogP contribution in [0, 0.1) is 18.6 Å². The van der Waals surface area contributed by atoms with Crippen molar-refractivity contribution < 1.29 is 42.8 Å². The summed E-state index contributed by atoms with van der Waals surface area (Å²) in [7, 11) is 1.32. The number of esters is 1. The fourth-order valence-corrected chi connectivity index (χ4v) is 6.54. The topological polar surface area (TPSA) is 147 Å². The lowest BCUT2D eigenvalue weighted by Crippen LogP contribution is -2.25. The van der Waals surface area contributed by atoms with Crippen LogP contribution in [-0.2, 0) is 32.6 Å². The fourth-order valence-electron chi connectivity index (χ4n) is 6.13. The monoisotopic (exact) mass is 773 g/mol. The predicted octanol–water partition coefficient (Wildman–Crippen LogP) is 8.52. The van der Waals surface area contributed by atoms with Crippen LogP contribution < -0.4 is 9.47 Å². The van der Waals surface area contributed by atoms with Crippen molar-refractivity contribution in [3.8, 4) is 34.4 Å². The van der Waals surface area contributed by atoms with Gasteiger partial charge in [-0.3, -0.25) is 9.59 Å². The number of H-pyrrole nitrogens is 2. The van der Waals surface area contributed by atoms with Gasteiger partial charge in [0.15, 0.2) is 11.6 Å². The number of aliphatic carboxylic acids is 1. The minimum atomic E-state index is -0.872. The van der Waals surface area contributed by atoms with Crippen LogP contribution in [0.5, 0.6) is 23.0 Å². The number of phenolic OH excluding ortho intramolecular Hbond substituents is 1. The summed E-state index contributed by atoms with van der Waals surface area (Å²) in [4.78, 5) is 32.6. The molecule has 0 fully saturated rings. The fraction of sp³-hybridized carbons (Fsp3) is 0.205. The maximum absolute atomic E-state index is 15.0. The van der Waals surface area contributed by atoms with E-state index < -0.39 is 23.0 Å². The van der Waals surface area contributed by atoms with E-state index in [0.29, 0.717) is 45.7 Å². The first kappa shape index (κ1) is 36.1. The molecule has 13 heteroatoms. The number of hydrogen-bond acceptors (Lipinski definition) is 7. The second kappa shape index (κ2) is 14.9. The number of aryl methyl sites for hydroxylation is 2. The molecule has 0 amide bonds. The van der Waals surface area contributed by atoms with E-state index >= 15 is 0 Å². The second-order valence-electron chi connectivity index (χ2n) is 12.4. The number of aromatic nitrogens is 3. The summed E-state index contributed by atoms with van der Waals surface area (Å²) in [6.45, 7) is 4.09. The van der Waals surface area contributed by atoms with Gasteiger partial charge in [-0.05, 0) is 72.1 Å². The molecule has 0 saturated carbocycles. The number of fused-ring (bicyclic) bond motifs is 2. The van der Waals surface area contributed by atoms with Crippen molar-refractivity contribution in [2.75, 3.05) is 13.7 Å². The average Bonchev–Trinajstić information content (AvgIpc) is 3.89. The molecule has 2 aromatic heterocycles. The Labute approximate surface area is 305 Å². The quantitative estimate of drug-likeness (QED) is 0.107. The van der Waals surface area contributed by atoms with Gasteiger partial charge in [-0.1, -0.05) is 30.3 Å². The molecule has 1 aliphatic rings. The summed E-state index contributed by atoms with van der Waals surface area (Å²) in [6.07, 6.45) is 3.83. The third-order valence-corrected chi connectivity index (χ3v) is 9.67. The van der Waals surface area contributed by atoms with Crippen molar-refractivity contribution in [2.24, 2.45) is 0 Å². The number of phenols is 1. The van der Waals surface area contributed by atoms with E-state index in [0.717, 1.165) is 22.2 Å².